The Morgan fingerprint density at radius 3 is 2.72 bits per heavy atom. The zero-order valence-electron chi connectivity index (χ0n) is 18.1. The van der Waals surface area contributed by atoms with Gasteiger partial charge in [0.15, 0.2) is 5.58 Å². The van der Waals surface area contributed by atoms with Crippen LogP contribution in [0.25, 0.3) is 22.2 Å². The number of oxazole rings is 1. The monoisotopic (exact) mass is 429 g/mol. The molecule has 0 spiro atoms. The number of aromatic nitrogens is 1. The molecule has 1 saturated heterocycles. The van der Waals surface area contributed by atoms with E-state index < -0.39 is 0 Å². The molecule has 1 aliphatic heterocycles. The van der Waals surface area contributed by atoms with Crippen LogP contribution in [0, 0.1) is 19.7 Å². The number of carbonyl (C=O) groups excluding carboxylic acids is 1. The molecular formula is C26H24FN3O2. The first-order valence-corrected chi connectivity index (χ1v) is 10.8. The lowest BCUT2D eigenvalue weighted by molar-refractivity contribution is 0.199. The number of rotatable bonds is 3. The zero-order valence-corrected chi connectivity index (χ0v) is 18.1. The first-order chi connectivity index (χ1) is 15.5. The smallest absolute Gasteiger partial charge is 0.322 e. The molecule has 32 heavy (non-hydrogen) atoms. The molecule has 2 heterocycles. The SMILES string of the molecule is Cc1ccc(NC(=O)N2CCCC2c2nc3cc(-c4cccc(F)c4)ccc3o2)cc1C. The van der Waals surface area contributed by atoms with Gasteiger partial charge in [0.1, 0.15) is 17.4 Å². The predicted molar refractivity (Wildman–Crippen MR) is 123 cm³/mol. The fourth-order valence-corrected chi connectivity index (χ4v) is 4.22. The maximum absolute atomic E-state index is 13.6. The summed E-state index contributed by atoms with van der Waals surface area (Å²) < 4.78 is 19.6. The summed E-state index contributed by atoms with van der Waals surface area (Å²) in [5.74, 6) is 0.254. The molecular weight excluding hydrogens is 405 g/mol. The van der Waals surface area contributed by atoms with Gasteiger partial charge in [0.2, 0.25) is 5.89 Å². The number of nitrogens with one attached hydrogen (secondary N) is 1. The van der Waals surface area contributed by atoms with Crippen molar-refractivity contribution in [3.05, 3.63) is 83.5 Å². The number of likely N-dealkylation sites (tertiary alicyclic amines) is 1. The van der Waals surface area contributed by atoms with Crippen LogP contribution in [0.5, 0.6) is 0 Å². The highest BCUT2D eigenvalue weighted by Gasteiger charge is 2.33. The Morgan fingerprint density at radius 2 is 1.91 bits per heavy atom. The number of halogens is 1. The minimum atomic E-state index is -0.278. The number of urea groups is 1. The standard InChI is InChI=1S/C26H24FN3O2/c1-16-8-10-21(13-17(16)2)28-26(31)30-12-4-7-23(30)25-29-22-15-19(9-11-24(22)32-25)18-5-3-6-20(27)14-18/h3,5-6,8-11,13-15,23H,4,7,12H2,1-2H3,(H,28,31). The average Bonchev–Trinajstić information content (AvgIpc) is 3.42. The molecule has 1 unspecified atom stereocenters. The fourth-order valence-electron chi connectivity index (χ4n) is 4.22. The quantitative estimate of drug-likeness (QED) is 0.398. The van der Waals surface area contributed by atoms with Crippen LogP contribution in [0.15, 0.2) is 65.1 Å². The fraction of sp³-hybridized carbons (Fsp3) is 0.231. The maximum atomic E-state index is 13.6. The van der Waals surface area contributed by atoms with Crippen LogP contribution < -0.4 is 5.32 Å². The van der Waals surface area contributed by atoms with Gasteiger partial charge in [-0.2, -0.15) is 0 Å². The van der Waals surface area contributed by atoms with Crippen molar-refractivity contribution in [1.82, 2.24) is 9.88 Å². The maximum Gasteiger partial charge on any atom is 0.322 e. The summed E-state index contributed by atoms with van der Waals surface area (Å²) in [6, 6.07) is 17.6. The first kappa shape index (κ1) is 20.2. The lowest BCUT2D eigenvalue weighted by atomic mass is 10.1. The molecule has 1 atom stereocenters. The summed E-state index contributed by atoms with van der Waals surface area (Å²) in [6.07, 6.45) is 1.68. The molecule has 0 bridgehead atoms. The van der Waals surface area contributed by atoms with Gasteiger partial charge in [0, 0.05) is 12.2 Å². The van der Waals surface area contributed by atoms with E-state index in [-0.39, 0.29) is 17.9 Å². The number of hydrogen-bond donors (Lipinski definition) is 1. The topological polar surface area (TPSA) is 58.4 Å². The summed E-state index contributed by atoms with van der Waals surface area (Å²) in [7, 11) is 0. The molecule has 162 valence electrons. The second-order valence-electron chi connectivity index (χ2n) is 8.33. The Morgan fingerprint density at radius 1 is 1.06 bits per heavy atom. The number of aryl methyl sites for hydroxylation is 2. The molecule has 0 radical (unpaired) electrons. The normalized spacial score (nSPS) is 16.0. The van der Waals surface area contributed by atoms with Gasteiger partial charge in [-0.25, -0.2) is 14.2 Å². The largest absolute Gasteiger partial charge is 0.438 e. The molecule has 3 aromatic carbocycles. The summed E-state index contributed by atoms with van der Waals surface area (Å²) in [5.41, 5.74) is 6.10. The number of nitrogens with zero attached hydrogens (tertiary/aromatic N) is 2. The highest BCUT2D eigenvalue weighted by atomic mass is 19.1. The van der Waals surface area contributed by atoms with Crippen molar-refractivity contribution in [2.75, 3.05) is 11.9 Å². The van der Waals surface area contributed by atoms with E-state index in [2.05, 4.69) is 10.3 Å². The molecule has 1 aromatic heterocycles. The molecule has 4 aromatic rings. The molecule has 1 N–H and O–H groups in total. The Bertz CT molecular complexity index is 1310. The van der Waals surface area contributed by atoms with Gasteiger partial charge in [-0.1, -0.05) is 24.3 Å². The van der Waals surface area contributed by atoms with E-state index in [1.807, 2.05) is 56.3 Å². The van der Waals surface area contributed by atoms with Gasteiger partial charge in [0.05, 0.1) is 0 Å². The Balaban J connectivity index is 1.39. The number of carbonyl (C=O) groups is 1. The number of benzene rings is 3. The van der Waals surface area contributed by atoms with Gasteiger partial charge in [0.25, 0.3) is 0 Å². The minimum absolute atomic E-state index is 0.154. The summed E-state index contributed by atoms with van der Waals surface area (Å²) in [6.45, 7) is 4.72. The summed E-state index contributed by atoms with van der Waals surface area (Å²) in [4.78, 5) is 19.5. The third-order valence-electron chi connectivity index (χ3n) is 6.12. The van der Waals surface area contributed by atoms with Crippen molar-refractivity contribution in [2.45, 2.75) is 32.7 Å². The Kier molecular flexibility index (Phi) is 5.13. The number of anilines is 1. The lowest BCUT2D eigenvalue weighted by Gasteiger charge is -2.22. The highest BCUT2D eigenvalue weighted by Crippen LogP contribution is 2.35. The molecule has 0 aliphatic carbocycles. The van der Waals surface area contributed by atoms with Gasteiger partial charge < -0.3 is 14.6 Å². The second kappa shape index (κ2) is 8.11. The molecule has 5 nitrogen and oxygen atoms in total. The van der Waals surface area contributed by atoms with E-state index in [1.54, 1.807) is 11.0 Å². The summed E-state index contributed by atoms with van der Waals surface area (Å²) in [5, 5.41) is 3.00. The number of amides is 2. The van der Waals surface area contributed by atoms with Crippen LogP contribution in [0.2, 0.25) is 0 Å². The van der Waals surface area contributed by atoms with Gasteiger partial charge >= 0.3 is 6.03 Å². The molecule has 2 amide bonds. The van der Waals surface area contributed by atoms with E-state index >= 15 is 0 Å². The van der Waals surface area contributed by atoms with Crippen molar-refractivity contribution in [1.29, 1.82) is 0 Å². The van der Waals surface area contributed by atoms with E-state index in [0.717, 1.165) is 35.2 Å². The summed E-state index contributed by atoms with van der Waals surface area (Å²) >= 11 is 0. The molecule has 1 aliphatic rings. The number of fused-ring (bicyclic) bond motifs is 1. The van der Waals surface area contributed by atoms with Crippen LogP contribution >= 0.6 is 0 Å². The van der Waals surface area contributed by atoms with E-state index in [4.69, 9.17) is 4.42 Å². The molecule has 5 rings (SSSR count). The lowest BCUT2D eigenvalue weighted by Crippen LogP contribution is -2.34. The number of hydrogen-bond acceptors (Lipinski definition) is 3. The predicted octanol–water partition coefficient (Wildman–Crippen LogP) is 6.62. The van der Waals surface area contributed by atoms with Crippen molar-refractivity contribution < 1.29 is 13.6 Å². The van der Waals surface area contributed by atoms with Crippen LogP contribution in [0.3, 0.4) is 0 Å². The van der Waals surface area contributed by atoms with Crippen LogP contribution in [-0.4, -0.2) is 22.5 Å². The first-order valence-electron chi connectivity index (χ1n) is 10.8. The highest BCUT2D eigenvalue weighted by molar-refractivity contribution is 5.90. The van der Waals surface area contributed by atoms with E-state index in [9.17, 15) is 9.18 Å². The third kappa shape index (κ3) is 3.84. The van der Waals surface area contributed by atoms with Crippen LogP contribution in [0.1, 0.15) is 35.9 Å². The van der Waals surface area contributed by atoms with Crippen molar-refractivity contribution >= 4 is 22.8 Å². The molecule has 1 fully saturated rings. The Hall–Kier alpha value is -3.67. The van der Waals surface area contributed by atoms with Crippen molar-refractivity contribution in [3.8, 4) is 11.1 Å². The van der Waals surface area contributed by atoms with Gasteiger partial charge in [-0.05, 0) is 85.3 Å². The minimum Gasteiger partial charge on any atom is -0.438 e. The van der Waals surface area contributed by atoms with Gasteiger partial charge in [-0.3, -0.25) is 0 Å². The van der Waals surface area contributed by atoms with Crippen molar-refractivity contribution in [3.63, 3.8) is 0 Å². The third-order valence-corrected chi connectivity index (χ3v) is 6.12. The van der Waals surface area contributed by atoms with Crippen LogP contribution in [-0.2, 0) is 0 Å². The van der Waals surface area contributed by atoms with E-state index in [0.29, 0.717) is 23.5 Å². The Labute approximate surface area is 185 Å². The zero-order chi connectivity index (χ0) is 22.2. The molecule has 0 saturated carbocycles. The van der Waals surface area contributed by atoms with Gasteiger partial charge in [-0.15, -0.1) is 0 Å². The van der Waals surface area contributed by atoms with Crippen molar-refractivity contribution in [2.24, 2.45) is 0 Å². The van der Waals surface area contributed by atoms with E-state index in [1.165, 1.54) is 17.7 Å². The average molecular weight is 429 g/mol. The molecule has 6 heteroatoms. The van der Waals surface area contributed by atoms with Crippen LogP contribution in [0.4, 0.5) is 14.9 Å². The second-order valence-corrected chi connectivity index (χ2v) is 8.33.